The van der Waals surface area contributed by atoms with Crippen LogP contribution in [-0.4, -0.2) is 25.8 Å². The molecular weight excluding hydrogens is 174 g/mol. The van der Waals surface area contributed by atoms with Crippen LogP contribution in [0.1, 0.15) is 46.5 Å². The highest BCUT2D eigenvalue weighted by Gasteiger charge is 2.48. The summed E-state index contributed by atoms with van der Waals surface area (Å²) in [4.78, 5) is 0. The van der Waals surface area contributed by atoms with Crippen LogP contribution in [0.2, 0.25) is 0 Å². The number of nitrogens with one attached hydrogen (secondary N) is 1. The minimum atomic E-state index is 0.596. The molecule has 14 heavy (non-hydrogen) atoms. The molecule has 0 atom stereocenters. The summed E-state index contributed by atoms with van der Waals surface area (Å²) in [6, 6.07) is 0. The average molecular weight is 199 g/mol. The van der Waals surface area contributed by atoms with E-state index in [1.807, 2.05) is 13.8 Å². The lowest BCUT2D eigenvalue weighted by molar-refractivity contribution is -0.103. The molecule has 2 fully saturated rings. The van der Waals surface area contributed by atoms with Crippen molar-refractivity contribution in [2.75, 3.05) is 19.7 Å². The van der Waals surface area contributed by atoms with E-state index >= 15 is 0 Å². The maximum absolute atomic E-state index is 5.72. The Labute approximate surface area is 88.4 Å². The molecule has 1 aliphatic carbocycles. The predicted molar refractivity (Wildman–Crippen MR) is 60.5 cm³/mol. The zero-order valence-electron chi connectivity index (χ0n) is 9.94. The summed E-state index contributed by atoms with van der Waals surface area (Å²) in [5.41, 5.74) is 0.677. The summed E-state index contributed by atoms with van der Waals surface area (Å²) in [7, 11) is 0. The maximum Gasteiger partial charge on any atom is 0.0587 e. The monoisotopic (exact) mass is 199 g/mol. The summed E-state index contributed by atoms with van der Waals surface area (Å²) in [5, 5.41) is 3.34. The Kier molecular flexibility index (Phi) is 4.90. The maximum atomic E-state index is 5.72. The van der Waals surface area contributed by atoms with E-state index in [9.17, 15) is 0 Å². The minimum absolute atomic E-state index is 0.596. The van der Waals surface area contributed by atoms with Crippen molar-refractivity contribution in [3.63, 3.8) is 0 Å². The van der Waals surface area contributed by atoms with Crippen molar-refractivity contribution in [3.05, 3.63) is 0 Å². The van der Waals surface area contributed by atoms with Gasteiger partial charge < -0.3 is 10.1 Å². The van der Waals surface area contributed by atoms with Gasteiger partial charge in [0.15, 0.2) is 0 Å². The largest absolute Gasteiger partial charge is 0.378 e. The Morgan fingerprint density at radius 1 is 1.29 bits per heavy atom. The van der Waals surface area contributed by atoms with Crippen LogP contribution in [0.3, 0.4) is 0 Å². The molecule has 2 heteroatoms. The van der Waals surface area contributed by atoms with Gasteiger partial charge in [0.1, 0.15) is 0 Å². The Bertz CT molecular complexity index is 146. The van der Waals surface area contributed by atoms with Gasteiger partial charge in [0.2, 0.25) is 0 Å². The van der Waals surface area contributed by atoms with E-state index in [1.165, 1.54) is 38.8 Å². The Balaban J connectivity index is 0.000000461. The second kappa shape index (κ2) is 5.72. The van der Waals surface area contributed by atoms with E-state index in [2.05, 4.69) is 12.2 Å². The van der Waals surface area contributed by atoms with Gasteiger partial charge in [0.05, 0.1) is 6.10 Å². The molecule has 0 aromatic heterocycles. The smallest absolute Gasteiger partial charge is 0.0587 e. The molecule has 2 nitrogen and oxygen atoms in total. The van der Waals surface area contributed by atoms with E-state index in [0.29, 0.717) is 11.5 Å². The van der Waals surface area contributed by atoms with Gasteiger partial charge in [-0.3, -0.25) is 0 Å². The number of rotatable bonds is 4. The molecule has 2 rings (SSSR count). The zero-order chi connectivity index (χ0) is 10.4. The van der Waals surface area contributed by atoms with Crippen LogP contribution < -0.4 is 5.32 Å². The molecule has 0 unspecified atom stereocenters. The molecule has 1 saturated carbocycles. The summed E-state index contributed by atoms with van der Waals surface area (Å²) < 4.78 is 5.72. The zero-order valence-corrected chi connectivity index (χ0v) is 9.94. The number of hydrogen-bond acceptors (Lipinski definition) is 2. The highest BCUT2D eigenvalue weighted by molar-refractivity contribution is 5.03. The third kappa shape index (κ3) is 2.71. The van der Waals surface area contributed by atoms with Crippen molar-refractivity contribution < 1.29 is 4.74 Å². The number of unbranched alkanes of at least 4 members (excludes halogenated alkanes) is 1. The number of ether oxygens (including phenoxy) is 1. The molecule has 1 aliphatic heterocycles. The molecule has 0 amide bonds. The summed E-state index contributed by atoms with van der Waals surface area (Å²) in [5.74, 6) is 0. The molecule has 84 valence electrons. The van der Waals surface area contributed by atoms with Gasteiger partial charge in [-0.05, 0) is 19.3 Å². The van der Waals surface area contributed by atoms with Crippen molar-refractivity contribution in [1.82, 2.24) is 5.32 Å². The Morgan fingerprint density at radius 2 is 1.93 bits per heavy atom. The lowest BCUT2D eigenvalue weighted by Gasteiger charge is -2.54. The second-order valence-electron chi connectivity index (χ2n) is 4.36. The van der Waals surface area contributed by atoms with Crippen LogP contribution in [0, 0.1) is 5.41 Å². The van der Waals surface area contributed by atoms with Crippen molar-refractivity contribution >= 4 is 0 Å². The van der Waals surface area contributed by atoms with Gasteiger partial charge in [-0.25, -0.2) is 0 Å². The third-order valence-electron chi connectivity index (χ3n) is 3.17. The fraction of sp³-hybridized carbons (Fsp3) is 1.00. The fourth-order valence-corrected chi connectivity index (χ4v) is 2.19. The highest BCUT2D eigenvalue weighted by Crippen LogP contribution is 2.45. The summed E-state index contributed by atoms with van der Waals surface area (Å²) >= 11 is 0. The van der Waals surface area contributed by atoms with E-state index < -0.39 is 0 Å². The first kappa shape index (κ1) is 12.0. The van der Waals surface area contributed by atoms with Crippen molar-refractivity contribution in [1.29, 1.82) is 0 Å². The molecule has 0 aromatic carbocycles. The fourth-order valence-electron chi connectivity index (χ4n) is 2.19. The SMILES string of the molecule is CC.CCCCOC1CC2(CNC2)C1. The van der Waals surface area contributed by atoms with Gasteiger partial charge in [0.25, 0.3) is 0 Å². The van der Waals surface area contributed by atoms with E-state index in [0.717, 1.165) is 6.61 Å². The van der Waals surface area contributed by atoms with Gasteiger partial charge in [-0.2, -0.15) is 0 Å². The highest BCUT2D eigenvalue weighted by atomic mass is 16.5. The molecule has 0 radical (unpaired) electrons. The molecule has 1 heterocycles. The van der Waals surface area contributed by atoms with Gasteiger partial charge in [-0.1, -0.05) is 27.2 Å². The van der Waals surface area contributed by atoms with Gasteiger partial charge in [-0.15, -0.1) is 0 Å². The average Bonchev–Trinajstić information content (AvgIpc) is 2.09. The van der Waals surface area contributed by atoms with Crippen LogP contribution in [-0.2, 0) is 4.74 Å². The van der Waals surface area contributed by atoms with Crippen LogP contribution >= 0.6 is 0 Å². The first-order valence-corrected chi connectivity index (χ1v) is 6.17. The lowest BCUT2D eigenvalue weighted by Crippen LogP contribution is -2.62. The second-order valence-corrected chi connectivity index (χ2v) is 4.36. The van der Waals surface area contributed by atoms with E-state index in [-0.39, 0.29) is 0 Å². The molecule has 2 aliphatic rings. The Hall–Kier alpha value is -0.0800. The number of hydrogen-bond donors (Lipinski definition) is 1. The topological polar surface area (TPSA) is 21.3 Å². The Morgan fingerprint density at radius 3 is 2.36 bits per heavy atom. The normalized spacial score (nSPS) is 23.4. The van der Waals surface area contributed by atoms with Gasteiger partial charge >= 0.3 is 0 Å². The molecule has 0 aromatic rings. The standard InChI is InChI=1S/C10H19NO.C2H6/c1-2-3-4-12-9-5-10(6-9)7-11-8-10;1-2/h9,11H,2-8H2,1H3;1-2H3. The van der Waals surface area contributed by atoms with E-state index in [4.69, 9.17) is 4.74 Å². The molecule has 1 spiro atoms. The molecule has 1 saturated heterocycles. The molecular formula is C12H25NO. The molecule has 0 bridgehead atoms. The van der Waals surface area contributed by atoms with E-state index in [1.54, 1.807) is 0 Å². The summed E-state index contributed by atoms with van der Waals surface area (Å²) in [6.45, 7) is 9.66. The summed E-state index contributed by atoms with van der Waals surface area (Å²) in [6.07, 6.45) is 5.69. The first-order valence-electron chi connectivity index (χ1n) is 6.17. The minimum Gasteiger partial charge on any atom is -0.378 e. The van der Waals surface area contributed by atoms with Crippen molar-refractivity contribution in [2.24, 2.45) is 5.41 Å². The van der Waals surface area contributed by atoms with Crippen LogP contribution in [0.25, 0.3) is 0 Å². The predicted octanol–water partition coefficient (Wildman–Crippen LogP) is 2.58. The van der Waals surface area contributed by atoms with Crippen molar-refractivity contribution in [2.45, 2.75) is 52.6 Å². The first-order chi connectivity index (χ1) is 6.85. The van der Waals surface area contributed by atoms with Crippen LogP contribution in [0.15, 0.2) is 0 Å². The molecule has 1 N–H and O–H groups in total. The van der Waals surface area contributed by atoms with Gasteiger partial charge in [0, 0.05) is 25.1 Å². The van der Waals surface area contributed by atoms with Crippen molar-refractivity contribution in [3.8, 4) is 0 Å². The van der Waals surface area contributed by atoms with Crippen LogP contribution in [0.4, 0.5) is 0 Å². The lowest BCUT2D eigenvalue weighted by atomic mass is 9.63. The quantitative estimate of drug-likeness (QED) is 0.703. The van der Waals surface area contributed by atoms with Crippen LogP contribution in [0.5, 0.6) is 0 Å². The third-order valence-corrected chi connectivity index (χ3v) is 3.17.